The van der Waals surface area contributed by atoms with Crippen molar-refractivity contribution in [3.05, 3.63) is 34.3 Å². The lowest BCUT2D eigenvalue weighted by atomic mass is 9.99. The molecule has 92 valence electrons. The summed E-state index contributed by atoms with van der Waals surface area (Å²) >= 11 is 3.43. The standard InChI is InChI=1S/C13H16BrNO2/c14-12-6-2-1-5-10(12)11(13(16)17)9-15-7-3-4-8-15/h1-2,5-6,11H,3-4,7-9H2,(H,16,17). The number of nitrogens with zero attached hydrogens (tertiary/aromatic N) is 1. The Kier molecular flexibility index (Phi) is 4.18. The Morgan fingerprint density at radius 3 is 2.59 bits per heavy atom. The molecule has 0 aromatic heterocycles. The van der Waals surface area contributed by atoms with Crippen LogP contribution in [0.25, 0.3) is 0 Å². The molecule has 1 unspecified atom stereocenters. The van der Waals surface area contributed by atoms with Crippen LogP contribution in [0.4, 0.5) is 0 Å². The van der Waals surface area contributed by atoms with Crippen LogP contribution in [-0.2, 0) is 4.79 Å². The van der Waals surface area contributed by atoms with Gasteiger partial charge in [-0.25, -0.2) is 0 Å². The fourth-order valence-corrected chi connectivity index (χ4v) is 2.85. The van der Waals surface area contributed by atoms with Gasteiger partial charge in [-0.1, -0.05) is 34.1 Å². The summed E-state index contributed by atoms with van der Waals surface area (Å²) < 4.78 is 0.881. The van der Waals surface area contributed by atoms with Crippen LogP contribution in [0.2, 0.25) is 0 Å². The van der Waals surface area contributed by atoms with Crippen molar-refractivity contribution < 1.29 is 9.90 Å². The van der Waals surface area contributed by atoms with E-state index in [9.17, 15) is 9.90 Å². The predicted octanol–water partition coefficient (Wildman–Crippen LogP) is 2.71. The zero-order valence-corrected chi connectivity index (χ0v) is 11.2. The van der Waals surface area contributed by atoms with Gasteiger partial charge in [-0.15, -0.1) is 0 Å². The van der Waals surface area contributed by atoms with E-state index in [2.05, 4.69) is 20.8 Å². The summed E-state index contributed by atoms with van der Waals surface area (Å²) in [6, 6.07) is 7.58. The van der Waals surface area contributed by atoms with Crippen molar-refractivity contribution in [2.24, 2.45) is 0 Å². The van der Waals surface area contributed by atoms with E-state index in [0.29, 0.717) is 6.54 Å². The van der Waals surface area contributed by atoms with Crippen molar-refractivity contribution in [2.75, 3.05) is 19.6 Å². The maximum atomic E-state index is 11.4. The molecule has 1 heterocycles. The Bertz CT molecular complexity index is 402. The lowest BCUT2D eigenvalue weighted by Crippen LogP contribution is -2.29. The second-order valence-electron chi connectivity index (χ2n) is 4.42. The molecule has 0 spiro atoms. The second kappa shape index (κ2) is 5.65. The number of rotatable bonds is 4. The molecule has 1 aliphatic heterocycles. The molecule has 1 saturated heterocycles. The molecule has 1 atom stereocenters. The van der Waals surface area contributed by atoms with Gasteiger partial charge in [0.15, 0.2) is 0 Å². The maximum absolute atomic E-state index is 11.4. The highest BCUT2D eigenvalue weighted by molar-refractivity contribution is 9.10. The van der Waals surface area contributed by atoms with Crippen molar-refractivity contribution in [3.8, 4) is 0 Å². The van der Waals surface area contributed by atoms with Gasteiger partial charge in [-0.2, -0.15) is 0 Å². The molecule has 2 rings (SSSR count). The lowest BCUT2D eigenvalue weighted by molar-refractivity contribution is -0.139. The molecule has 0 bridgehead atoms. The van der Waals surface area contributed by atoms with Crippen LogP contribution in [0, 0.1) is 0 Å². The Morgan fingerprint density at radius 1 is 1.35 bits per heavy atom. The minimum absolute atomic E-state index is 0.441. The highest BCUT2D eigenvalue weighted by Gasteiger charge is 2.25. The van der Waals surface area contributed by atoms with Crippen LogP contribution in [0.1, 0.15) is 24.3 Å². The third kappa shape index (κ3) is 3.07. The van der Waals surface area contributed by atoms with E-state index in [0.717, 1.165) is 23.1 Å². The molecule has 0 aliphatic carbocycles. The van der Waals surface area contributed by atoms with E-state index in [4.69, 9.17) is 0 Å². The first-order valence-corrected chi connectivity index (χ1v) is 6.67. The minimum Gasteiger partial charge on any atom is -0.481 e. The van der Waals surface area contributed by atoms with Crippen LogP contribution in [0.3, 0.4) is 0 Å². The molecule has 0 saturated carbocycles. The first-order valence-electron chi connectivity index (χ1n) is 5.88. The van der Waals surface area contributed by atoms with Gasteiger partial charge in [0.1, 0.15) is 0 Å². The van der Waals surface area contributed by atoms with E-state index in [1.165, 1.54) is 12.8 Å². The van der Waals surface area contributed by atoms with Gasteiger partial charge in [0.2, 0.25) is 0 Å². The lowest BCUT2D eigenvalue weighted by Gasteiger charge is -2.21. The maximum Gasteiger partial charge on any atom is 0.312 e. The van der Waals surface area contributed by atoms with Gasteiger partial charge >= 0.3 is 5.97 Å². The zero-order chi connectivity index (χ0) is 12.3. The third-order valence-electron chi connectivity index (χ3n) is 3.22. The quantitative estimate of drug-likeness (QED) is 0.929. The Labute approximate surface area is 110 Å². The topological polar surface area (TPSA) is 40.5 Å². The van der Waals surface area contributed by atoms with Gasteiger partial charge in [0, 0.05) is 11.0 Å². The van der Waals surface area contributed by atoms with Crippen LogP contribution >= 0.6 is 15.9 Å². The summed E-state index contributed by atoms with van der Waals surface area (Å²) in [5.41, 5.74) is 0.868. The fraction of sp³-hybridized carbons (Fsp3) is 0.462. The predicted molar refractivity (Wildman–Crippen MR) is 70.2 cm³/mol. The average molecular weight is 298 g/mol. The molecule has 17 heavy (non-hydrogen) atoms. The summed E-state index contributed by atoms with van der Waals surface area (Å²) in [5.74, 6) is -1.19. The molecule has 1 aromatic rings. The first-order chi connectivity index (χ1) is 8.18. The first kappa shape index (κ1) is 12.6. The summed E-state index contributed by atoms with van der Waals surface area (Å²) in [6.45, 7) is 2.65. The average Bonchev–Trinajstić information content (AvgIpc) is 2.79. The van der Waals surface area contributed by atoms with Crippen LogP contribution in [0.15, 0.2) is 28.7 Å². The van der Waals surface area contributed by atoms with Crippen LogP contribution in [0.5, 0.6) is 0 Å². The van der Waals surface area contributed by atoms with Crippen molar-refractivity contribution in [1.29, 1.82) is 0 Å². The third-order valence-corrected chi connectivity index (χ3v) is 3.94. The van der Waals surface area contributed by atoms with Gasteiger partial charge in [-0.3, -0.25) is 4.79 Å². The number of carbonyl (C=O) groups is 1. The molecule has 0 amide bonds. The van der Waals surface area contributed by atoms with Gasteiger partial charge < -0.3 is 10.0 Å². The second-order valence-corrected chi connectivity index (χ2v) is 5.27. The minimum atomic E-state index is -0.746. The van der Waals surface area contributed by atoms with Crippen molar-refractivity contribution in [1.82, 2.24) is 4.90 Å². The molecule has 1 N–H and O–H groups in total. The summed E-state index contributed by atoms with van der Waals surface area (Å²) in [5, 5.41) is 9.36. The van der Waals surface area contributed by atoms with E-state index in [1.54, 1.807) is 0 Å². The molecule has 1 fully saturated rings. The van der Waals surface area contributed by atoms with Crippen molar-refractivity contribution >= 4 is 21.9 Å². The highest BCUT2D eigenvalue weighted by atomic mass is 79.9. The SMILES string of the molecule is O=C(O)C(CN1CCCC1)c1ccccc1Br. The fourth-order valence-electron chi connectivity index (χ4n) is 2.29. The number of likely N-dealkylation sites (tertiary alicyclic amines) is 1. The number of carboxylic acids is 1. The van der Waals surface area contributed by atoms with Gasteiger partial charge in [0.25, 0.3) is 0 Å². The van der Waals surface area contributed by atoms with Gasteiger partial charge in [-0.05, 0) is 37.6 Å². The number of benzene rings is 1. The van der Waals surface area contributed by atoms with Crippen molar-refractivity contribution in [2.45, 2.75) is 18.8 Å². The molecule has 4 heteroatoms. The summed E-state index contributed by atoms with van der Waals surface area (Å²) in [7, 11) is 0. The van der Waals surface area contributed by atoms with E-state index in [-0.39, 0.29) is 0 Å². The molecule has 1 aromatic carbocycles. The number of halogens is 1. The number of carboxylic acid groups (broad SMARTS) is 1. The summed E-state index contributed by atoms with van der Waals surface area (Å²) in [6.07, 6.45) is 2.37. The monoisotopic (exact) mass is 297 g/mol. The Morgan fingerprint density at radius 2 is 2.00 bits per heavy atom. The van der Waals surface area contributed by atoms with Crippen LogP contribution < -0.4 is 0 Å². The number of aliphatic carboxylic acids is 1. The molecule has 3 nitrogen and oxygen atoms in total. The smallest absolute Gasteiger partial charge is 0.312 e. The largest absolute Gasteiger partial charge is 0.481 e. The van der Waals surface area contributed by atoms with E-state index < -0.39 is 11.9 Å². The van der Waals surface area contributed by atoms with Crippen LogP contribution in [-0.4, -0.2) is 35.6 Å². The summed E-state index contributed by atoms with van der Waals surface area (Å²) in [4.78, 5) is 13.6. The normalized spacial score (nSPS) is 18.2. The van der Waals surface area contributed by atoms with E-state index in [1.807, 2.05) is 24.3 Å². The van der Waals surface area contributed by atoms with Crippen molar-refractivity contribution in [3.63, 3.8) is 0 Å². The van der Waals surface area contributed by atoms with E-state index >= 15 is 0 Å². The highest BCUT2D eigenvalue weighted by Crippen LogP contribution is 2.27. The molecular formula is C13H16BrNO2. The molecule has 0 radical (unpaired) electrons. The Balaban J connectivity index is 2.17. The Hall–Kier alpha value is -0.870. The number of hydrogen-bond acceptors (Lipinski definition) is 2. The number of hydrogen-bond donors (Lipinski definition) is 1. The molecular weight excluding hydrogens is 282 g/mol. The zero-order valence-electron chi connectivity index (χ0n) is 9.60. The van der Waals surface area contributed by atoms with Gasteiger partial charge in [0.05, 0.1) is 5.92 Å². The molecule has 1 aliphatic rings.